The molecule has 2 aromatic rings. The third-order valence-corrected chi connectivity index (χ3v) is 2.00. The number of aromatic nitrogens is 3. The van der Waals surface area contributed by atoms with Crippen molar-refractivity contribution in [2.75, 3.05) is 6.54 Å². The molecule has 0 spiro atoms. The first-order valence-electron chi connectivity index (χ1n) is 4.44. The minimum atomic E-state index is 0.384. The van der Waals surface area contributed by atoms with Crippen LogP contribution in [-0.2, 0) is 6.42 Å². The fraction of sp³-hybridized carbons (Fsp3) is 0.222. The van der Waals surface area contributed by atoms with Crippen molar-refractivity contribution in [3.63, 3.8) is 0 Å². The van der Waals surface area contributed by atoms with Crippen LogP contribution in [0.5, 0.6) is 0 Å². The van der Waals surface area contributed by atoms with Crippen LogP contribution in [0, 0.1) is 0 Å². The average Bonchev–Trinajstić information content (AvgIpc) is 2.68. The van der Waals surface area contributed by atoms with Gasteiger partial charge in [0.2, 0.25) is 5.89 Å². The lowest BCUT2D eigenvalue weighted by Crippen LogP contribution is -2.02. The van der Waals surface area contributed by atoms with Gasteiger partial charge in [-0.2, -0.15) is 0 Å². The lowest BCUT2D eigenvalue weighted by Gasteiger charge is -1.93. The molecular weight excluding hydrogens is 216 g/mol. The van der Waals surface area contributed by atoms with Crippen LogP contribution in [0.1, 0.15) is 5.89 Å². The highest BCUT2D eigenvalue weighted by atomic mass is 35.5. The Morgan fingerprint density at radius 3 is 2.87 bits per heavy atom. The molecule has 0 atom stereocenters. The quantitative estimate of drug-likeness (QED) is 0.850. The second-order valence-corrected chi connectivity index (χ2v) is 3.34. The number of hydrogen-bond donors (Lipinski definition) is 1. The molecule has 0 aliphatic rings. The molecule has 0 aliphatic heterocycles. The van der Waals surface area contributed by atoms with Crippen molar-refractivity contribution < 1.29 is 4.42 Å². The zero-order valence-electron chi connectivity index (χ0n) is 7.85. The summed E-state index contributed by atoms with van der Waals surface area (Å²) in [6.45, 7) is 0.482. The lowest BCUT2D eigenvalue weighted by molar-refractivity contribution is 0.505. The Bertz CT molecular complexity index is 440. The summed E-state index contributed by atoms with van der Waals surface area (Å²) in [6, 6.07) is 3.44. The standard InChI is InChI=1S/C9H9ClN4O/c10-6-1-2-7(12-5-6)9-14-13-8(15-9)3-4-11/h1-2,5H,3-4,11H2. The maximum absolute atomic E-state index is 5.71. The molecule has 0 saturated heterocycles. The number of nitrogens with two attached hydrogens (primary N) is 1. The van der Waals surface area contributed by atoms with E-state index in [1.807, 2.05) is 0 Å². The number of halogens is 1. The fourth-order valence-electron chi connectivity index (χ4n) is 1.08. The van der Waals surface area contributed by atoms with E-state index in [9.17, 15) is 0 Å². The topological polar surface area (TPSA) is 77.8 Å². The van der Waals surface area contributed by atoms with E-state index >= 15 is 0 Å². The van der Waals surface area contributed by atoms with Crippen LogP contribution in [0.25, 0.3) is 11.6 Å². The SMILES string of the molecule is NCCc1nnc(-c2ccc(Cl)cn2)o1. The summed E-state index contributed by atoms with van der Waals surface area (Å²) in [6.07, 6.45) is 2.10. The molecule has 0 saturated carbocycles. The summed E-state index contributed by atoms with van der Waals surface area (Å²) in [7, 11) is 0. The minimum absolute atomic E-state index is 0.384. The molecular formula is C9H9ClN4O. The average molecular weight is 225 g/mol. The predicted octanol–water partition coefficient (Wildman–Crippen LogP) is 1.29. The van der Waals surface area contributed by atoms with Gasteiger partial charge in [-0.05, 0) is 12.1 Å². The highest BCUT2D eigenvalue weighted by Crippen LogP contribution is 2.16. The Hall–Kier alpha value is -1.46. The van der Waals surface area contributed by atoms with E-state index in [-0.39, 0.29) is 0 Å². The van der Waals surface area contributed by atoms with Gasteiger partial charge in [0.15, 0.2) is 0 Å². The molecule has 0 unspecified atom stereocenters. The molecule has 0 aromatic carbocycles. The second-order valence-electron chi connectivity index (χ2n) is 2.90. The van der Waals surface area contributed by atoms with Gasteiger partial charge in [-0.15, -0.1) is 10.2 Å². The number of rotatable bonds is 3. The summed E-state index contributed by atoms with van der Waals surface area (Å²) in [5, 5.41) is 8.26. The van der Waals surface area contributed by atoms with Gasteiger partial charge in [0, 0.05) is 19.2 Å². The molecule has 5 nitrogen and oxygen atoms in total. The molecule has 0 fully saturated rings. The van der Waals surface area contributed by atoms with E-state index in [1.54, 1.807) is 12.1 Å². The lowest BCUT2D eigenvalue weighted by atomic mass is 10.3. The molecule has 0 radical (unpaired) electrons. The molecule has 0 bridgehead atoms. The van der Waals surface area contributed by atoms with Gasteiger partial charge in [-0.25, -0.2) is 4.98 Å². The minimum Gasteiger partial charge on any atom is -0.419 e. The summed E-state index contributed by atoms with van der Waals surface area (Å²) in [5.74, 6) is 0.902. The zero-order valence-corrected chi connectivity index (χ0v) is 8.61. The van der Waals surface area contributed by atoms with Gasteiger partial charge in [0.05, 0.1) is 5.02 Å². The monoisotopic (exact) mass is 224 g/mol. The van der Waals surface area contributed by atoms with E-state index in [4.69, 9.17) is 21.8 Å². The largest absolute Gasteiger partial charge is 0.419 e. The summed E-state index contributed by atoms with van der Waals surface area (Å²) in [4.78, 5) is 4.06. The van der Waals surface area contributed by atoms with Gasteiger partial charge in [-0.1, -0.05) is 11.6 Å². The van der Waals surface area contributed by atoms with Crippen molar-refractivity contribution in [1.82, 2.24) is 15.2 Å². The molecule has 2 aromatic heterocycles. The van der Waals surface area contributed by atoms with Crippen molar-refractivity contribution in [2.45, 2.75) is 6.42 Å². The molecule has 0 aliphatic carbocycles. The zero-order chi connectivity index (χ0) is 10.7. The number of pyridine rings is 1. The third-order valence-electron chi connectivity index (χ3n) is 1.77. The molecule has 15 heavy (non-hydrogen) atoms. The first-order valence-corrected chi connectivity index (χ1v) is 4.82. The molecule has 2 heterocycles. The molecule has 78 valence electrons. The maximum Gasteiger partial charge on any atom is 0.266 e. The Morgan fingerprint density at radius 2 is 2.20 bits per heavy atom. The van der Waals surface area contributed by atoms with Crippen molar-refractivity contribution in [2.24, 2.45) is 5.73 Å². The molecule has 0 amide bonds. The van der Waals surface area contributed by atoms with Crippen LogP contribution in [0.2, 0.25) is 5.02 Å². The van der Waals surface area contributed by atoms with Crippen molar-refractivity contribution in [3.05, 3.63) is 29.2 Å². The van der Waals surface area contributed by atoms with Crippen molar-refractivity contribution in [3.8, 4) is 11.6 Å². The van der Waals surface area contributed by atoms with E-state index in [1.165, 1.54) is 6.20 Å². The molecule has 6 heteroatoms. The van der Waals surface area contributed by atoms with E-state index in [0.717, 1.165) is 0 Å². The van der Waals surface area contributed by atoms with Crippen LogP contribution in [0.15, 0.2) is 22.7 Å². The molecule has 2 rings (SSSR count). The van der Waals surface area contributed by atoms with Crippen LogP contribution >= 0.6 is 11.6 Å². The summed E-state index contributed by atoms with van der Waals surface area (Å²) >= 11 is 5.71. The third kappa shape index (κ3) is 2.31. The van der Waals surface area contributed by atoms with Gasteiger partial charge >= 0.3 is 0 Å². The predicted molar refractivity (Wildman–Crippen MR) is 55.3 cm³/mol. The van der Waals surface area contributed by atoms with E-state index in [2.05, 4.69) is 15.2 Å². The Balaban J connectivity index is 2.25. The maximum atomic E-state index is 5.71. The Labute approximate surface area is 91.3 Å². The van der Waals surface area contributed by atoms with Gasteiger partial charge in [0.1, 0.15) is 5.69 Å². The molecule has 2 N–H and O–H groups in total. The Kier molecular flexibility index (Phi) is 2.94. The van der Waals surface area contributed by atoms with Crippen LogP contribution < -0.4 is 5.73 Å². The van der Waals surface area contributed by atoms with Gasteiger partial charge < -0.3 is 10.2 Å². The van der Waals surface area contributed by atoms with Crippen LogP contribution in [0.4, 0.5) is 0 Å². The first kappa shape index (κ1) is 10.1. The van der Waals surface area contributed by atoms with Crippen LogP contribution in [-0.4, -0.2) is 21.7 Å². The van der Waals surface area contributed by atoms with Gasteiger partial charge in [0.25, 0.3) is 5.89 Å². The smallest absolute Gasteiger partial charge is 0.266 e. The van der Waals surface area contributed by atoms with E-state index < -0.39 is 0 Å². The normalized spacial score (nSPS) is 10.5. The first-order chi connectivity index (χ1) is 7.29. The second kappa shape index (κ2) is 4.37. The van der Waals surface area contributed by atoms with Crippen molar-refractivity contribution in [1.29, 1.82) is 0 Å². The van der Waals surface area contributed by atoms with Crippen molar-refractivity contribution >= 4 is 11.6 Å². The van der Waals surface area contributed by atoms with Gasteiger partial charge in [-0.3, -0.25) is 0 Å². The van der Waals surface area contributed by atoms with Crippen LogP contribution in [0.3, 0.4) is 0 Å². The highest BCUT2D eigenvalue weighted by Gasteiger charge is 2.08. The Morgan fingerprint density at radius 1 is 1.33 bits per heavy atom. The summed E-state index contributed by atoms with van der Waals surface area (Å²) in [5.41, 5.74) is 5.97. The van der Waals surface area contributed by atoms with E-state index in [0.29, 0.717) is 35.5 Å². The number of nitrogens with zero attached hydrogens (tertiary/aromatic N) is 3. The summed E-state index contributed by atoms with van der Waals surface area (Å²) < 4.78 is 5.34. The number of hydrogen-bond acceptors (Lipinski definition) is 5. The highest BCUT2D eigenvalue weighted by molar-refractivity contribution is 6.30. The fourth-order valence-corrected chi connectivity index (χ4v) is 1.20.